The summed E-state index contributed by atoms with van der Waals surface area (Å²) in [5.74, 6) is 0.964. The molecule has 0 spiro atoms. The van der Waals surface area contributed by atoms with Gasteiger partial charge in [0.05, 0.1) is 24.9 Å². The minimum atomic E-state index is -0.348. The Bertz CT molecular complexity index is 396. The van der Waals surface area contributed by atoms with Gasteiger partial charge in [0.25, 0.3) is 0 Å². The quantitative estimate of drug-likeness (QED) is 0.856. The van der Waals surface area contributed by atoms with E-state index in [2.05, 4.69) is 10.6 Å². The summed E-state index contributed by atoms with van der Waals surface area (Å²) >= 11 is 5.93. The third-order valence-electron chi connectivity index (χ3n) is 1.95. The molecular weight excluding hydrogens is 232 g/mol. The van der Waals surface area contributed by atoms with Gasteiger partial charge in [0.2, 0.25) is 0 Å². The van der Waals surface area contributed by atoms with E-state index in [0.717, 1.165) is 0 Å². The first kappa shape index (κ1) is 12.4. The van der Waals surface area contributed by atoms with Crippen molar-refractivity contribution in [3.63, 3.8) is 0 Å². The minimum Gasteiger partial charge on any atom is -0.495 e. The van der Waals surface area contributed by atoms with Crippen LogP contribution in [0.3, 0.4) is 0 Å². The number of urea groups is 1. The summed E-state index contributed by atoms with van der Waals surface area (Å²) in [7, 11) is 4.52. The number of hydrogen-bond acceptors (Lipinski definition) is 3. The molecule has 1 aromatic rings. The Morgan fingerprint density at radius 1 is 1.25 bits per heavy atom. The van der Waals surface area contributed by atoms with Gasteiger partial charge >= 0.3 is 6.03 Å². The molecule has 0 aromatic heterocycles. The molecule has 6 heteroatoms. The third-order valence-corrected chi connectivity index (χ3v) is 2.24. The summed E-state index contributed by atoms with van der Waals surface area (Å²) in [4.78, 5) is 11.2. The monoisotopic (exact) mass is 244 g/mol. The van der Waals surface area contributed by atoms with Crippen LogP contribution in [0.5, 0.6) is 11.5 Å². The highest BCUT2D eigenvalue weighted by molar-refractivity contribution is 6.32. The van der Waals surface area contributed by atoms with Gasteiger partial charge in [0, 0.05) is 13.1 Å². The van der Waals surface area contributed by atoms with Crippen molar-refractivity contribution in [3.05, 3.63) is 17.2 Å². The van der Waals surface area contributed by atoms with Crippen LogP contribution in [-0.4, -0.2) is 27.3 Å². The summed E-state index contributed by atoms with van der Waals surface area (Å²) in [6.07, 6.45) is 0. The van der Waals surface area contributed by atoms with Crippen LogP contribution < -0.4 is 20.1 Å². The average molecular weight is 245 g/mol. The van der Waals surface area contributed by atoms with E-state index in [1.54, 1.807) is 12.1 Å². The molecule has 0 radical (unpaired) electrons. The first-order valence-electron chi connectivity index (χ1n) is 4.52. The molecule has 0 heterocycles. The zero-order valence-electron chi connectivity index (χ0n) is 9.26. The number of carbonyl (C=O) groups is 1. The van der Waals surface area contributed by atoms with E-state index in [1.165, 1.54) is 21.3 Å². The van der Waals surface area contributed by atoms with Crippen LogP contribution in [0.1, 0.15) is 0 Å². The number of halogens is 1. The minimum absolute atomic E-state index is 0.348. The molecule has 0 fully saturated rings. The van der Waals surface area contributed by atoms with Crippen LogP contribution in [0.4, 0.5) is 10.5 Å². The molecule has 2 N–H and O–H groups in total. The lowest BCUT2D eigenvalue weighted by Crippen LogP contribution is -2.24. The maximum Gasteiger partial charge on any atom is 0.319 e. The van der Waals surface area contributed by atoms with Crippen molar-refractivity contribution in [2.75, 3.05) is 26.6 Å². The van der Waals surface area contributed by atoms with E-state index in [4.69, 9.17) is 21.1 Å². The second-order valence-electron chi connectivity index (χ2n) is 2.89. The van der Waals surface area contributed by atoms with Crippen molar-refractivity contribution in [1.82, 2.24) is 5.32 Å². The van der Waals surface area contributed by atoms with E-state index in [0.29, 0.717) is 22.2 Å². The van der Waals surface area contributed by atoms with Gasteiger partial charge in [-0.1, -0.05) is 11.6 Å². The molecule has 0 unspecified atom stereocenters. The lowest BCUT2D eigenvalue weighted by Gasteiger charge is -2.12. The molecule has 0 saturated carbocycles. The Kier molecular flexibility index (Phi) is 4.25. The van der Waals surface area contributed by atoms with Crippen LogP contribution >= 0.6 is 11.6 Å². The molecule has 0 saturated heterocycles. The van der Waals surface area contributed by atoms with Crippen LogP contribution in [0.15, 0.2) is 12.1 Å². The molecule has 0 aliphatic rings. The molecule has 0 aliphatic carbocycles. The maximum atomic E-state index is 11.2. The number of methoxy groups -OCH3 is 2. The fourth-order valence-electron chi connectivity index (χ4n) is 1.14. The van der Waals surface area contributed by atoms with Crippen LogP contribution in [-0.2, 0) is 0 Å². The van der Waals surface area contributed by atoms with Gasteiger partial charge in [-0.15, -0.1) is 0 Å². The average Bonchev–Trinajstić information content (AvgIpc) is 2.29. The summed E-state index contributed by atoms with van der Waals surface area (Å²) in [6, 6.07) is 2.82. The highest BCUT2D eigenvalue weighted by Gasteiger charge is 2.11. The Morgan fingerprint density at radius 2 is 1.88 bits per heavy atom. The number of anilines is 1. The summed E-state index contributed by atoms with van der Waals surface area (Å²) < 4.78 is 10.1. The van der Waals surface area contributed by atoms with Crippen molar-refractivity contribution in [2.24, 2.45) is 0 Å². The van der Waals surface area contributed by atoms with E-state index < -0.39 is 0 Å². The second-order valence-corrected chi connectivity index (χ2v) is 3.30. The zero-order chi connectivity index (χ0) is 12.1. The second kappa shape index (κ2) is 5.46. The van der Waals surface area contributed by atoms with Crippen LogP contribution in [0.25, 0.3) is 0 Å². The normalized spacial score (nSPS) is 9.50. The predicted molar refractivity (Wildman–Crippen MR) is 62.6 cm³/mol. The molecule has 0 aliphatic heterocycles. The SMILES string of the molecule is CNC(=O)Nc1cc(Cl)c(OC)cc1OC. The number of nitrogens with one attached hydrogen (secondary N) is 2. The maximum absolute atomic E-state index is 11.2. The number of carbonyl (C=O) groups excluding carboxylic acids is 1. The molecule has 0 bridgehead atoms. The zero-order valence-corrected chi connectivity index (χ0v) is 10.0. The van der Waals surface area contributed by atoms with Crippen molar-refractivity contribution < 1.29 is 14.3 Å². The van der Waals surface area contributed by atoms with Gasteiger partial charge in [-0.2, -0.15) is 0 Å². The van der Waals surface area contributed by atoms with E-state index in [1.807, 2.05) is 0 Å². The van der Waals surface area contributed by atoms with Crippen LogP contribution in [0.2, 0.25) is 5.02 Å². The first-order valence-corrected chi connectivity index (χ1v) is 4.90. The van der Waals surface area contributed by atoms with Gasteiger partial charge in [-0.05, 0) is 6.07 Å². The fourth-order valence-corrected chi connectivity index (χ4v) is 1.38. The Balaban J connectivity index is 3.08. The molecule has 88 valence electrons. The molecular formula is C10H13ClN2O3. The molecule has 1 rings (SSSR count). The lowest BCUT2D eigenvalue weighted by atomic mass is 10.2. The van der Waals surface area contributed by atoms with Gasteiger partial charge in [-0.25, -0.2) is 4.79 Å². The van der Waals surface area contributed by atoms with Crippen molar-refractivity contribution in [2.45, 2.75) is 0 Å². The number of ether oxygens (including phenoxy) is 2. The topological polar surface area (TPSA) is 59.6 Å². The van der Waals surface area contributed by atoms with Gasteiger partial charge in [-0.3, -0.25) is 0 Å². The van der Waals surface area contributed by atoms with Gasteiger partial charge in [0.15, 0.2) is 0 Å². The summed E-state index contributed by atoms with van der Waals surface area (Å²) in [6.45, 7) is 0. The Labute approximate surface area is 98.7 Å². The first-order chi connectivity index (χ1) is 7.62. The van der Waals surface area contributed by atoms with Crippen molar-refractivity contribution >= 4 is 23.3 Å². The largest absolute Gasteiger partial charge is 0.495 e. The molecule has 2 amide bonds. The number of rotatable bonds is 3. The number of hydrogen-bond donors (Lipinski definition) is 2. The van der Waals surface area contributed by atoms with E-state index in [9.17, 15) is 4.79 Å². The van der Waals surface area contributed by atoms with Crippen molar-refractivity contribution in [1.29, 1.82) is 0 Å². The van der Waals surface area contributed by atoms with E-state index in [-0.39, 0.29) is 6.03 Å². The number of amides is 2. The highest BCUT2D eigenvalue weighted by atomic mass is 35.5. The number of benzene rings is 1. The van der Waals surface area contributed by atoms with Gasteiger partial charge in [0.1, 0.15) is 11.5 Å². The molecule has 5 nitrogen and oxygen atoms in total. The summed E-state index contributed by atoms with van der Waals surface area (Å²) in [5, 5.41) is 5.42. The fraction of sp³-hybridized carbons (Fsp3) is 0.300. The smallest absolute Gasteiger partial charge is 0.319 e. The summed E-state index contributed by atoms with van der Waals surface area (Å²) in [5.41, 5.74) is 0.479. The third kappa shape index (κ3) is 2.70. The highest BCUT2D eigenvalue weighted by Crippen LogP contribution is 2.35. The predicted octanol–water partition coefficient (Wildman–Crippen LogP) is 2.11. The van der Waals surface area contributed by atoms with Crippen molar-refractivity contribution in [3.8, 4) is 11.5 Å². The standard InChI is InChI=1S/C10H13ClN2O3/c1-12-10(14)13-7-4-6(11)8(15-2)5-9(7)16-3/h4-5H,1-3H3,(H2,12,13,14). The van der Waals surface area contributed by atoms with E-state index >= 15 is 0 Å². The Hall–Kier alpha value is -1.62. The molecule has 0 atom stereocenters. The molecule has 1 aromatic carbocycles. The Morgan fingerprint density at radius 3 is 2.38 bits per heavy atom. The lowest BCUT2D eigenvalue weighted by molar-refractivity contribution is 0.254. The molecule has 16 heavy (non-hydrogen) atoms. The van der Waals surface area contributed by atoms with Gasteiger partial charge < -0.3 is 20.1 Å². The van der Waals surface area contributed by atoms with Crippen LogP contribution in [0, 0.1) is 0 Å².